The number of aryl methyl sites for hydroxylation is 1. The molecule has 19 heavy (non-hydrogen) atoms. The minimum atomic E-state index is -0.493. The summed E-state index contributed by atoms with van der Waals surface area (Å²) in [6, 6.07) is 2.47. The fourth-order valence-electron chi connectivity index (χ4n) is 2.82. The normalized spacial score (nSPS) is 24.7. The zero-order chi connectivity index (χ0) is 14.0. The molecule has 0 aliphatic carbocycles. The first-order valence-corrected chi connectivity index (χ1v) is 6.85. The number of rotatable bonds is 4. The molecule has 1 heterocycles. The van der Waals surface area contributed by atoms with Gasteiger partial charge >= 0.3 is 0 Å². The van der Waals surface area contributed by atoms with Crippen molar-refractivity contribution in [2.24, 2.45) is 5.92 Å². The van der Waals surface area contributed by atoms with Crippen LogP contribution >= 0.6 is 0 Å². The highest BCUT2D eigenvalue weighted by Crippen LogP contribution is 2.35. The van der Waals surface area contributed by atoms with E-state index in [1.165, 1.54) is 0 Å². The first kappa shape index (κ1) is 14.4. The summed E-state index contributed by atoms with van der Waals surface area (Å²) in [5.41, 5.74) is 1.02. The van der Waals surface area contributed by atoms with E-state index in [1.807, 2.05) is 13.8 Å². The minimum Gasteiger partial charge on any atom is -0.378 e. The lowest BCUT2D eigenvalue weighted by Crippen LogP contribution is -2.32. The van der Waals surface area contributed by atoms with Crippen LogP contribution in [0.5, 0.6) is 0 Å². The molecule has 3 unspecified atom stereocenters. The van der Waals surface area contributed by atoms with Gasteiger partial charge in [0.2, 0.25) is 0 Å². The highest BCUT2D eigenvalue weighted by Gasteiger charge is 2.34. The van der Waals surface area contributed by atoms with E-state index >= 15 is 0 Å². The summed E-state index contributed by atoms with van der Waals surface area (Å²) in [4.78, 5) is 0. The smallest absolute Gasteiger partial charge is 0.130 e. The molecule has 1 aliphatic rings. The Morgan fingerprint density at radius 1 is 1.37 bits per heavy atom. The Hall–Kier alpha value is -1.00. The Morgan fingerprint density at radius 3 is 2.68 bits per heavy atom. The summed E-state index contributed by atoms with van der Waals surface area (Å²) in [5.74, 6) is -0.750. The third-order valence-corrected chi connectivity index (χ3v) is 3.90. The van der Waals surface area contributed by atoms with Crippen LogP contribution in [0.4, 0.5) is 8.78 Å². The predicted molar refractivity (Wildman–Crippen MR) is 71.0 cm³/mol. The standard InChI is InChI=1S/C15H21F2NO/c1-4-18-15(11-5-6-19-10(11)3)12-7-9(2)13(16)8-14(12)17/h7-8,10-11,15,18H,4-6H2,1-3H3. The fraction of sp³-hybridized carbons (Fsp3) is 0.600. The van der Waals surface area contributed by atoms with E-state index in [0.29, 0.717) is 17.7 Å². The van der Waals surface area contributed by atoms with Crippen molar-refractivity contribution >= 4 is 0 Å². The Balaban J connectivity index is 2.35. The number of benzene rings is 1. The van der Waals surface area contributed by atoms with Gasteiger partial charge in [0.05, 0.1) is 6.10 Å². The van der Waals surface area contributed by atoms with Gasteiger partial charge in [0.15, 0.2) is 0 Å². The SMILES string of the molecule is CCNC(c1cc(C)c(F)cc1F)C1CCOC1C. The molecular weight excluding hydrogens is 248 g/mol. The molecule has 1 N–H and O–H groups in total. The van der Waals surface area contributed by atoms with E-state index in [4.69, 9.17) is 4.74 Å². The molecule has 0 aromatic heterocycles. The lowest BCUT2D eigenvalue weighted by atomic mass is 9.87. The van der Waals surface area contributed by atoms with E-state index in [-0.39, 0.29) is 18.1 Å². The number of hydrogen-bond acceptors (Lipinski definition) is 2. The van der Waals surface area contributed by atoms with E-state index in [9.17, 15) is 8.78 Å². The molecule has 1 fully saturated rings. The van der Waals surface area contributed by atoms with Crippen molar-refractivity contribution in [3.63, 3.8) is 0 Å². The molecular formula is C15H21F2NO. The van der Waals surface area contributed by atoms with Gasteiger partial charge in [-0.1, -0.05) is 6.92 Å². The molecule has 1 aliphatic heterocycles. The number of halogens is 2. The van der Waals surface area contributed by atoms with Crippen LogP contribution in [0.3, 0.4) is 0 Å². The summed E-state index contributed by atoms with van der Waals surface area (Å²) in [6.45, 7) is 7.10. The molecule has 0 bridgehead atoms. The van der Waals surface area contributed by atoms with Crippen LogP contribution in [0.15, 0.2) is 12.1 Å². The number of nitrogens with one attached hydrogen (secondary N) is 1. The van der Waals surface area contributed by atoms with Crippen molar-refractivity contribution in [3.8, 4) is 0 Å². The van der Waals surface area contributed by atoms with Gasteiger partial charge in [-0.15, -0.1) is 0 Å². The Bertz CT molecular complexity index is 450. The van der Waals surface area contributed by atoms with Crippen LogP contribution in [-0.4, -0.2) is 19.3 Å². The van der Waals surface area contributed by atoms with Gasteiger partial charge in [0.25, 0.3) is 0 Å². The van der Waals surface area contributed by atoms with Crippen LogP contribution in [0, 0.1) is 24.5 Å². The van der Waals surface area contributed by atoms with Gasteiger partial charge < -0.3 is 10.1 Å². The Morgan fingerprint density at radius 2 is 2.11 bits per heavy atom. The molecule has 2 rings (SSSR count). The number of hydrogen-bond donors (Lipinski definition) is 1. The highest BCUT2D eigenvalue weighted by molar-refractivity contribution is 5.29. The third-order valence-electron chi connectivity index (χ3n) is 3.90. The third kappa shape index (κ3) is 2.95. The maximum absolute atomic E-state index is 14.1. The van der Waals surface area contributed by atoms with E-state index in [0.717, 1.165) is 19.0 Å². The molecule has 4 heteroatoms. The summed E-state index contributed by atoms with van der Waals surface area (Å²) in [6.07, 6.45) is 0.989. The molecule has 1 saturated heterocycles. The fourth-order valence-corrected chi connectivity index (χ4v) is 2.82. The average Bonchev–Trinajstić information content (AvgIpc) is 2.77. The van der Waals surface area contributed by atoms with Gasteiger partial charge in [-0.2, -0.15) is 0 Å². The van der Waals surface area contributed by atoms with Crippen molar-refractivity contribution < 1.29 is 13.5 Å². The maximum atomic E-state index is 14.1. The molecule has 3 atom stereocenters. The molecule has 0 spiro atoms. The van der Waals surface area contributed by atoms with Crippen molar-refractivity contribution in [2.75, 3.05) is 13.2 Å². The minimum absolute atomic E-state index is 0.0915. The topological polar surface area (TPSA) is 21.3 Å². The molecule has 0 radical (unpaired) electrons. The van der Waals surface area contributed by atoms with Crippen LogP contribution < -0.4 is 5.32 Å². The van der Waals surface area contributed by atoms with Gasteiger partial charge in [0, 0.05) is 30.2 Å². The van der Waals surface area contributed by atoms with Crippen LogP contribution in [0.1, 0.15) is 37.4 Å². The zero-order valence-electron chi connectivity index (χ0n) is 11.7. The van der Waals surface area contributed by atoms with Crippen molar-refractivity contribution in [2.45, 2.75) is 39.3 Å². The maximum Gasteiger partial charge on any atom is 0.130 e. The van der Waals surface area contributed by atoms with Crippen LogP contribution in [0.25, 0.3) is 0 Å². The lowest BCUT2D eigenvalue weighted by molar-refractivity contribution is 0.0951. The number of ether oxygens (including phenoxy) is 1. The Kier molecular flexibility index (Phi) is 4.53. The van der Waals surface area contributed by atoms with E-state index < -0.39 is 11.6 Å². The summed E-state index contributed by atoms with van der Waals surface area (Å²) >= 11 is 0. The molecule has 106 valence electrons. The highest BCUT2D eigenvalue weighted by atomic mass is 19.1. The first-order valence-electron chi connectivity index (χ1n) is 6.85. The summed E-state index contributed by atoms with van der Waals surface area (Å²) < 4.78 is 33.0. The monoisotopic (exact) mass is 269 g/mol. The summed E-state index contributed by atoms with van der Waals surface area (Å²) in [7, 11) is 0. The second kappa shape index (κ2) is 5.97. The van der Waals surface area contributed by atoms with Gasteiger partial charge in [-0.25, -0.2) is 8.78 Å². The molecule has 0 saturated carbocycles. The summed E-state index contributed by atoms with van der Waals surface area (Å²) in [5, 5.41) is 3.32. The van der Waals surface area contributed by atoms with Gasteiger partial charge in [-0.05, 0) is 38.4 Å². The second-order valence-electron chi connectivity index (χ2n) is 5.19. The lowest BCUT2D eigenvalue weighted by Gasteiger charge is -2.27. The van der Waals surface area contributed by atoms with E-state index in [2.05, 4.69) is 5.32 Å². The van der Waals surface area contributed by atoms with Crippen molar-refractivity contribution in [3.05, 3.63) is 34.9 Å². The van der Waals surface area contributed by atoms with Gasteiger partial charge in [0.1, 0.15) is 11.6 Å². The van der Waals surface area contributed by atoms with Gasteiger partial charge in [-0.3, -0.25) is 0 Å². The van der Waals surface area contributed by atoms with E-state index in [1.54, 1.807) is 13.0 Å². The van der Waals surface area contributed by atoms with Crippen LogP contribution in [-0.2, 0) is 4.74 Å². The van der Waals surface area contributed by atoms with Crippen molar-refractivity contribution in [1.29, 1.82) is 0 Å². The second-order valence-corrected chi connectivity index (χ2v) is 5.19. The Labute approximate surface area is 113 Å². The molecule has 2 nitrogen and oxygen atoms in total. The largest absolute Gasteiger partial charge is 0.378 e. The molecule has 1 aromatic carbocycles. The average molecular weight is 269 g/mol. The predicted octanol–water partition coefficient (Wildman–Crippen LogP) is 3.35. The first-order chi connectivity index (χ1) is 9.04. The zero-order valence-corrected chi connectivity index (χ0v) is 11.7. The molecule has 1 aromatic rings. The quantitative estimate of drug-likeness (QED) is 0.905. The van der Waals surface area contributed by atoms with Crippen LogP contribution in [0.2, 0.25) is 0 Å². The van der Waals surface area contributed by atoms with Crippen molar-refractivity contribution in [1.82, 2.24) is 5.32 Å². The molecule has 0 amide bonds.